The van der Waals surface area contributed by atoms with Crippen molar-refractivity contribution in [3.63, 3.8) is 0 Å². The van der Waals surface area contributed by atoms with Gasteiger partial charge in [0.1, 0.15) is 0 Å². The molecule has 0 bridgehead atoms. The van der Waals surface area contributed by atoms with Crippen LogP contribution < -0.4 is 24.8 Å². The van der Waals surface area contributed by atoms with Crippen LogP contribution in [-0.2, 0) is 19.2 Å². The molecule has 0 fully saturated rings. The Balaban J connectivity index is 0.00000162. The average molecular weight is 543 g/mol. The zero-order valence-corrected chi connectivity index (χ0v) is 24.1. The van der Waals surface area contributed by atoms with Crippen molar-refractivity contribution in [2.24, 2.45) is 0 Å². The molecule has 3 aromatic rings. The van der Waals surface area contributed by atoms with Gasteiger partial charge in [-0.2, -0.15) is 0 Å². The molecule has 1 unspecified atom stereocenters. The van der Waals surface area contributed by atoms with Gasteiger partial charge in [-0.15, -0.1) is 0 Å². The van der Waals surface area contributed by atoms with E-state index >= 15 is 0 Å². The fraction of sp³-hybridized carbons (Fsp3) is 0.333. The maximum atomic E-state index is 2.63. The number of benzene rings is 3. The SMILES string of the molecule is CCCCP(CCCC)C1=Cc2ccccc2[CH]1[Ti+2][CH]1c2ccccc2-c2ccccc21.[Cl-].[Cl-]. The van der Waals surface area contributed by atoms with Crippen molar-refractivity contribution in [2.45, 2.75) is 48.0 Å². The molecule has 0 amide bonds. The first kappa shape index (κ1) is 27.7. The van der Waals surface area contributed by atoms with Crippen LogP contribution in [0.25, 0.3) is 17.2 Å². The van der Waals surface area contributed by atoms with E-state index in [1.54, 1.807) is 16.7 Å². The Hall–Kier alpha value is -0.876. The quantitative estimate of drug-likeness (QED) is 0.288. The zero-order valence-electron chi connectivity index (χ0n) is 20.1. The molecule has 2 aliphatic carbocycles. The minimum Gasteiger partial charge on any atom is -1.00 e. The summed E-state index contributed by atoms with van der Waals surface area (Å²) in [6.45, 7) is 4.70. The second-order valence-electron chi connectivity index (χ2n) is 9.10. The minimum absolute atomic E-state index is 0. The van der Waals surface area contributed by atoms with E-state index < -0.39 is 0 Å². The van der Waals surface area contributed by atoms with Crippen LogP contribution in [0.1, 0.15) is 70.2 Å². The van der Waals surface area contributed by atoms with Crippen LogP contribution in [0, 0.1) is 0 Å². The molecular weight excluding hydrogens is 510 g/mol. The van der Waals surface area contributed by atoms with Crippen molar-refractivity contribution >= 4 is 14.0 Å². The van der Waals surface area contributed by atoms with Crippen molar-refractivity contribution < 1.29 is 44.0 Å². The summed E-state index contributed by atoms with van der Waals surface area (Å²) < 4.78 is 1.31. The van der Waals surface area contributed by atoms with E-state index in [4.69, 9.17) is 0 Å². The van der Waals surface area contributed by atoms with E-state index in [9.17, 15) is 0 Å². The predicted octanol–water partition coefficient (Wildman–Crippen LogP) is 3.02. The average Bonchev–Trinajstić information content (AvgIpc) is 3.36. The van der Waals surface area contributed by atoms with E-state index in [1.807, 2.05) is 5.31 Å². The number of allylic oxidation sites excluding steroid dienone is 1. The number of fused-ring (bicyclic) bond motifs is 4. The first-order valence-corrected chi connectivity index (χ1v) is 15.8. The summed E-state index contributed by atoms with van der Waals surface area (Å²) in [4.78, 5) is 0. The first-order chi connectivity index (χ1) is 15.8. The van der Waals surface area contributed by atoms with Crippen LogP contribution in [0.4, 0.5) is 0 Å². The van der Waals surface area contributed by atoms with Gasteiger partial charge in [0.25, 0.3) is 0 Å². The maximum absolute atomic E-state index is 2.63. The number of hydrogen-bond donors (Lipinski definition) is 0. The predicted molar refractivity (Wildman–Crippen MR) is 137 cm³/mol. The first-order valence-electron chi connectivity index (χ1n) is 12.3. The molecule has 0 radical (unpaired) electrons. The molecule has 0 spiro atoms. The summed E-state index contributed by atoms with van der Waals surface area (Å²) in [5, 5.41) is 1.84. The normalized spacial score (nSPS) is 15.5. The zero-order chi connectivity index (χ0) is 21.9. The van der Waals surface area contributed by atoms with Crippen molar-refractivity contribution in [3.05, 3.63) is 100 Å². The van der Waals surface area contributed by atoms with E-state index in [0.29, 0.717) is 8.45 Å². The molecule has 34 heavy (non-hydrogen) atoms. The summed E-state index contributed by atoms with van der Waals surface area (Å²) in [7, 11) is -0.0217. The maximum Gasteiger partial charge on any atom is -1.00 e. The van der Waals surface area contributed by atoms with Crippen molar-refractivity contribution in [1.82, 2.24) is 0 Å². The Labute approximate surface area is 228 Å². The van der Waals surface area contributed by atoms with Crippen LogP contribution in [0.5, 0.6) is 0 Å². The smallest absolute Gasteiger partial charge is 1.00 e. The summed E-state index contributed by atoms with van der Waals surface area (Å²) >= 11 is -0.285. The fourth-order valence-corrected chi connectivity index (χ4v) is 12.4. The summed E-state index contributed by atoms with van der Waals surface area (Å²) in [6, 6.07) is 27.7. The van der Waals surface area contributed by atoms with Gasteiger partial charge in [0.2, 0.25) is 0 Å². The minimum atomic E-state index is -0.285. The Morgan fingerprint density at radius 1 is 0.647 bits per heavy atom. The molecule has 0 N–H and O–H groups in total. The molecule has 2 aliphatic rings. The Morgan fingerprint density at radius 2 is 1.15 bits per heavy atom. The second kappa shape index (κ2) is 12.9. The molecular formula is C30H33Cl2PTi. The van der Waals surface area contributed by atoms with E-state index in [-0.39, 0.29) is 51.9 Å². The Morgan fingerprint density at radius 3 is 1.71 bits per heavy atom. The Bertz CT molecular complexity index is 1070. The van der Waals surface area contributed by atoms with Gasteiger partial charge in [0.05, 0.1) is 0 Å². The molecule has 0 aliphatic heterocycles. The largest absolute Gasteiger partial charge is 1.00 e. The monoisotopic (exact) mass is 542 g/mol. The van der Waals surface area contributed by atoms with Crippen LogP contribution in [-0.4, -0.2) is 12.3 Å². The van der Waals surface area contributed by atoms with Crippen molar-refractivity contribution in [3.8, 4) is 11.1 Å². The van der Waals surface area contributed by atoms with Crippen molar-refractivity contribution in [2.75, 3.05) is 12.3 Å². The number of unbranched alkanes of at least 4 members (excludes halogenated alkanes) is 2. The second-order valence-corrected chi connectivity index (χ2v) is 13.9. The molecule has 0 saturated heterocycles. The third kappa shape index (κ3) is 5.43. The number of hydrogen-bond acceptors (Lipinski definition) is 0. The standard InChI is InChI=1S/C17H24P.C13H9.2ClH.Ti/c1-3-5-11-18(12-6-4-2)17-13-15-9-7-8-10-16(15)14-17;1-3-7-12-10(5-1)9-11-6-2-4-8-13(11)12;;;/h7-10,13-14H,3-6,11-12H2,1-2H3;1-9H;2*1H;/q;;;;+2/p-2. The molecule has 4 heteroatoms. The molecule has 1 atom stereocenters. The summed E-state index contributed by atoms with van der Waals surface area (Å²) in [6.07, 6.45) is 10.9. The topological polar surface area (TPSA) is 0 Å². The molecule has 0 nitrogen and oxygen atoms in total. The van der Waals surface area contributed by atoms with Gasteiger partial charge in [-0.1, -0.05) is 0 Å². The van der Waals surface area contributed by atoms with Gasteiger partial charge < -0.3 is 24.8 Å². The van der Waals surface area contributed by atoms with Crippen LogP contribution in [0.3, 0.4) is 0 Å². The Kier molecular flexibility index (Phi) is 10.5. The van der Waals surface area contributed by atoms with Gasteiger partial charge in [-0.25, -0.2) is 0 Å². The molecule has 176 valence electrons. The van der Waals surface area contributed by atoms with Gasteiger partial charge >= 0.3 is 205 Å². The fourth-order valence-electron chi connectivity index (χ4n) is 5.33. The van der Waals surface area contributed by atoms with E-state index in [1.165, 1.54) is 54.7 Å². The van der Waals surface area contributed by atoms with E-state index in [0.717, 1.165) is 0 Å². The molecule has 0 aromatic heterocycles. The van der Waals surface area contributed by atoms with Gasteiger partial charge in [-0.05, 0) is 0 Å². The van der Waals surface area contributed by atoms with Crippen LogP contribution in [0.15, 0.2) is 78.1 Å². The summed E-state index contributed by atoms with van der Waals surface area (Å²) in [5.74, 6) is 0. The number of rotatable bonds is 9. The van der Waals surface area contributed by atoms with E-state index in [2.05, 4.69) is 92.7 Å². The molecule has 3 aromatic carbocycles. The van der Waals surface area contributed by atoms with Gasteiger partial charge in [0.15, 0.2) is 0 Å². The van der Waals surface area contributed by atoms with Gasteiger partial charge in [0, 0.05) is 0 Å². The third-order valence-electron chi connectivity index (χ3n) is 7.00. The molecule has 5 rings (SSSR count). The van der Waals surface area contributed by atoms with Crippen LogP contribution >= 0.6 is 7.92 Å². The van der Waals surface area contributed by atoms with Gasteiger partial charge in [-0.3, -0.25) is 0 Å². The summed E-state index contributed by atoms with van der Waals surface area (Å²) in [5.41, 5.74) is 9.27. The third-order valence-corrected chi connectivity index (χ3v) is 13.2. The number of halogens is 2. The molecule has 0 saturated carbocycles. The van der Waals surface area contributed by atoms with Crippen LogP contribution in [0.2, 0.25) is 0 Å². The van der Waals surface area contributed by atoms with Crippen molar-refractivity contribution in [1.29, 1.82) is 0 Å². The molecule has 0 heterocycles.